The number of hydrogen-bond donors (Lipinski definition) is 2. The van der Waals surface area contributed by atoms with Gasteiger partial charge in [-0.1, -0.05) is 42.0 Å². The van der Waals surface area contributed by atoms with Crippen LogP contribution in [0.15, 0.2) is 54.6 Å². The first kappa shape index (κ1) is 18.7. The van der Waals surface area contributed by atoms with Crippen LogP contribution in [0.3, 0.4) is 0 Å². The van der Waals surface area contributed by atoms with Crippen LogP contribution in [0, 0.1) is 13.8 Å². The summed E-state index contributed by atoms with van der Waals surface area (Å²) in [5.74, 6) is 2.13. The van der Waals surface area contributed by atoms with Crippen molar-refractivity contribution in [3.05, 3.63) is 71.4 Å². The number of ether oxygens (including phenoxy) is 1. The number of para-hydroxylation sites is 2. The van der Waals surface area contributed by atoms with E-state index in [1.807, 2.05) is 51.1 Å². The molecule has 5 heteroatoms. The van der Waals surface area contributed by atoms with Gasteiger partial charge in [0, 0.05) is 18.3 Å². The number of anilines is 3. The minimum absolute atomic E-state index is 0.103. The third-order valence-electron chi connectivity index (χ3n) is 3.90. The number of aryl methyl sites for hydroxylation is 2. The lowest BCUT2D eigenvalue weighted by molar-refractivity contribution is 0.244. The number of hydrogen-bond acceptors (Lipinski definition) is 5. The van der Waals surface area contributed by atoms with E-state index in [9.17, 15) is 0 Å². The van der Waals surface area contributed by atoms with Gasteiger partial charge in [0.15, 0.2) is 0 Å². The molecule has 5 nitrogen and oxygen atoms in total. The standard InChI is InChI=1S/C22H26N4O/c1-15(2)27-20-11-6-5-10-19(20)25-21-13-17(4)24-22(26-21)23-14-18-9-7-8-16(3)12-18/h5-13,15H,14H2,1-4H3,(H2,23,24,25,26). The smallest absolute Gasteiger partial charge is 0.225 e. The molecule has 0 bridgehead atoms. The maximum Gasteiger partial charge on any atom is 0.225 e. The van der Waals surface area contributed by atoms with Gasteiger partial charge in [-0.25, -0.2) is 4.98 Å². The fourth-order valence-electron chi connectivity index (χ4n) is 2.78. The van der Waals surface area contributed by atoms with Crippen LogP contribution < -0.4 is 15.4 Å². The maximum absolute atomic E-state index is 5.87. The second kappa shape index (κ2) is 8.54. The van der Waals surface area contributed by atoms with Gasteiger partial charge in [-0.15, -0.1) is 0 Å². The Morgan fingerprint density at radius 2 is 1.78 bits per heavy atom. The Morgan fingerprint density at radius 3 is 2.56 bits per heavy atom. The van der Waals surface area contributed by atoms with Gasteiger partial charge in [0.2, 0.25) is 5.95 Å². The summed E-state index contributed by atoms with van der Waals surface area (Å²) in [6.45, 7) is 8.75. The average Bonchev–Trinajstić information content (AvgIpc) is 2.61. The molecule has 3 aromatic rings. The van der Waals surface area contributed by atoms with E-state index in [2.05, 4.69) is 51.8 Å². The zero-order chi connectivity index (χ0) is 19.2. The Bertz CT molecular complexity index is 908. The zero-order valence-electron chi connectivity index (χ0n) is 16.3. The molecule has 1 aromatic heterocycles. The quantitative estimate of drug-likeness (QED) is 0.602. The first-order valence-corrected chi connectivity index (χ1v) is 9.17. The van der Waals surface area contributed by atoms with Crippen LogP contribution in [0.4, 0.5) is 17.5 Å². The number of benzene rings is 2. The van der Waals surface area contributed by atoms with Gasteiger partial charge < -0.3 is 15.4 Å². The van der Waals surface area contributed by atoms with Crippen LogP contribution in [0.2, 0.25) is 0 Å². The molecular formula is C22H26N4O. The molecule has 27 heavy (non-hydrogen) atoms. The Labute approximate surface area is 160 Å². The van der Waals surface area contributed by atoms with Gasteiger partial charge in [0.25, 0.3) is 0 Å². The summed E-state index contributed by atoms with van der Waals surface area (Å²) in [4.78, 5) is 9.09. The molecule has 3 rings (SSSR count). The van der Waals surface area contributed by atoms with Crippen molar-refractivity contribution in [1.29, 1.82) is 0 Å². The molecule has 0 amide bonds. The molecule has 0 atom stereocenters. The summed E-state index contributed by atoms with van der Waals surface area (Å²) in [5, 5.41) is 6.66. The van der Waals surface area contributed by atoms with Crippen LogP contribution in [0.5, 0.6) is 5.75 Å². The van der Waals surface area contributed by atoms with Crippen molar-refractivity contribution >= 4 is 17.5 Å². The summed E-state index contributed by atoms with van der Waals surface area (Å²) in [6.07, 6.45) is 0.103. The molecule has 0 aliphatic carbocycles. The van der Waals surface area contributed by atoms with Gasteiger partial charge in [0.05, 0.1) is 11.8 Å². The Kier molecular flexibility index (Phi) is 5.91. The summed E-state index contributed by atoms with van der Waals surface area (Å²) < 4.78 is 5.87. The maximum atomic E-state index is 5.87. The SMILES string of the molecule is Cc1cccc(CNc2nc(C)cc(Nc3ccccc3OC(C)C)n2)c1. The fraction of sp³-hybridized carbons (Fsp3) is 0.273. The number of aromatic nitrogens is 2. The highest BCUT2D eigenvalue weighted by molar-refractivity contribution is 5.64. The van der Waals surface area contributed by atoms with E-state index in [1.165, 1.54) is 11.1 Å². The third-order valence-corrected chi connectivity index (χ3v) is 3.90. The lowest BCUT2D eigenvalue weighted by Gasteiger charge is -2.16. The van der Waals surface area contributed by atoms with E-state index in [4.69, 9.17) is 4.74 Å². The second-order valence-corrected chi connectivity index (χ2v) is 6.85. The highest BCUT2D eigenvalue weighted by Gasteiger charge is 2.08. The lowest BCUT2D eigenvalue weighted by atomic mass is 10.1. The van der Waals surface area contributed by atoms with Crippen molar-refractivity contribution in [1.82, 2.24) is 9.97 Å². The zero-order valence-corrected chi connectivity index (χ0v) is 16.3. The number of nitrogens with one attached hydrogen (secondary N) is 2. The van der Waals surface area contributed by atoms with E-state index in [-0.39, 0.29) is 6.10 Å². The van der Waals surface area contributed by atoms with Gasteiger partial charge >= 0.3 is 0 Å². The highest BCUT2D eigenvalue weighted by atomic mass is 16.5. The van der Waals surface area contributed by atoms with Crippen LogP contribution in [0.1, 0.15) is 30.7 Å². The van der Waals surface area contributed by atoms with Gasteiger partial charge in [-0.05, 0) is 45.4 Å². The van der Waals surface area contributed by atoms with Crippen LogP contribution in [-0.2, 0) is 6.54 Å². The molecule has 0 saturated carbocycles. The van der Waals surface area contributed by atoms with Gasteiger partial charge in [0.1, 0.15) is 11.6 Å². The molecule has 140 valence electrons. The van der Waals surface area contributed by atoms with Crippen molar-refractivity contribution in [3.8, 4) is 5.75 Å². The molecule has 0 fully saturated rings. The largest absolute Gasteiger partial charge is 0.489 e. The van der Waals surface area contributed by atoms with Crippen molar-refractivity contribution in [3.63, 3.8) is 0 Å². The van der Waals surface area contributed by atoms with Crippen molar-refractivity contribution in [2.45, 2.75) is 40.3 Å². The minimum Gasteiger partial charge on any atom is -0.489 e. The molecule has 2 N–H and O–H groups in total. The average molecular weight is 362 g/mol. The molecule has 0 aliphatic rings. The molecule has 2 aromatic carbocycles. The molecule has 1 heterocycles. The molecule has 0 spiro atoms. The second-order valence-electron chi connectivity index (χ2n) is 6.85. The van der Waals surface area contributed by atoms with E-state index in [1.54, 1.807) is 0 Å². The van der Waals surface area contributed by atoms with Crippen LogP contribution in [-0.4, -0.2) is 16.1 Å². The highest BCUT2D eigenvalue weighted by Crippen LogP contribution is 2.28. The molecule has 0 aliphatic heterocycles. The molecule has 0 unspecified atom stereocenters. The van der Waals surface area contributed by atoms with E-state index < -0.39 is 0 Å². The summed E-state index contributed by atoms with van der Waals surface area (Å²) in [5.41, 5.74) is 4.21. The topological polar surface area (TPSA) is 59.1 Å². The molecule has 0 saturated heterocycles. The predicted octanol–water partition coefficient (Wildman–Crippen LogP) is 5.24. The number of nitrogens with zero attached hydrogens (tertiary/aromatic N) is 2. The molecular weight excluding hydrogens is 336 g/mol. The fourth-order valence-corrected chi connectivity index (χ4v) is 2.78. The Hall–Kier alpha value is -3.08. The summed E-state index contributed by atoms with van der Waals surface area (Å²) >= 11 is 0. The Morgan fingerprint density at radius 1 is 0.963 bits per heavy atom. The lowest BCUT2D eigenvalue weighted by Crippen LogP contribution is -2.09. The Balaban J connectivity index is 1.76. The first-order chi connectivity index (χ1) is 13.0. The van der Waals surface area contributed by atoms with Gasteiger partial charge in [-0.3, -0.25) is 0 Å². The first-order valence-electron chi connectivity index (χ1n) is 9.17. The van der Waals surface area contributed by atoms with Gasteiger partial charge in [-0.2, -0.15) is 4.98 Å². The molecule has 0 radical (unpaired) electrons. The minimum atomic E-state index is 0.103. The normalized spacial score (nSPS) is 10.7. The van der Waals surface area contributed by atoms with E-state index >= 15 is 0 Å². The summed E-state index contributed by atoms with van der Waals surface area (Å²) in [6, 6.07) is 18.2. The summed E-state index contributed by atoms with van der Waals surface area (Å²) in [7, 11) is 0. The van der Waals surface area contributed by atoms with Crippen LogP contribution in [0.25, 0.3) is 0 Å². The van der Waals surface area contributed by atoms with Crippen molar-refractivity contribution in [2.75, 3.05) is 10.6 Å². The van der Waals surface area contributed by atoms with E-state index in [0.29, 0.717) is 12.5 Å². The van der Waals surface area contributed by atoms with Crippen molar-refractivity contribution < 1.29 is 4.74 Å². The number of rotatable bonds is 7. The van der Waals surface area contributed by atoms with Crippen molar-refractivity contribution in [2.24, 2.45) is 0 Å². The van der Waals surface area contributed by atoms with Crippen LogP contribution >= 0.6 is 0 Å². The third kappa shape index (κ3) is 5.45. The predicted molar refractivity (Wildman–Crippen MR) is 111 cm³/mol. The monoisotopic (exact) mass is 362 g/mol. The van der Waals surface area contributed by atoms with E-state index in [0.717, 1.165) is 22.9 Å².